The molecule has 1 atom stereocenters. The summed E-state index contributed by atoms with van der Waals surface area (Å²) >= 11 is 1.33. The molecule has 2 heterocycles. The summed E-state index contributed by atoms with van der Waals surface area (Å²) in [6.45, 7) is 2.35. The monoisotopic (exact) mass is 437 g/mol. The Labute approximate surface area is 185 Å². The molecule has 1 aliphatic carbocycles. The molecule has 0 saturated heterocycles. The van der Waals surface area contributed by atoms with Gasteiger partial charge in [0, 0.05) is 18.4 Å². The van der Waals surface area contributed by atoms with Gasteiger partial charge in [0.05, 0.1) is 11.8 Å². The van der Waals surface area contributed by atoms with Crippen LogP contribution in [0.1, 0.15) is 51.0 Å². The van der Waals surface area contributed by atoms with Crippen LogP contribution in [0.25, 0.3) is 11.2 Å². The Balaban J connectivity index is 1.65. The lowest BCUT2D eigenvalue weighted by Crippen LogP contribution is -2.41. The number of carbonyl (C=O) groups excluding carboxylic acids is 1. The zero-order chi connectivity index (χ0) is 21.6. The SMILES string of the molecule is CC[C@@H](Sc1nc2nccnc2c(=O)n1Cc1ccccc1)C(=O)NC1CCCCC1. The van der Waals surface area contributed by atoms with Crippen molar-refractivity contribution in [1.29, 1.82) is 0 Å². The van der Waals surface area contributed by atoms with Crippen LogP contribution in [0, 0.1) is 0 Å². The Hall–Kier alpha value is -2.74. The lowest BCUT2D eigenvalue weighted by Gasteiger charge is -2.25. The Morgan fingerprint density at radius 2 is 1.90 bits per heavy atom. The maximum atomic E-state index is 13.2. The smallest absolute Gasteiger partial charge is 0.282 e. The predicted octanol–water partition coefficient (Wildman–Crippen LogP) is 3.55. The number of rotatable bonds is 7. The number of carbonyl (C=O) groups is 1. The van der Waals surface area contributed by atoms with Gasteiger partial charge in [0.2, 0.25) is 5.91 Å². The average molecular weight is 438 g/mol. The molecule has 0 unspecified atom stereocenters. The highest BCUT2D eigenvalue weighted by atomic mass is 32.2. The van der Waals surface area contributed by atoms with Crippen LogP contribution in [-0.4, -0.2) is 36.7 Å². The summed E-state index contributed by atoms with van der Waals surface area (Å²) in [7, 11) is 0. The average Bonchev–Trinajstić information content (AvgIpc) is 2.81. The molecule has 1 aliphatic rings. The predicted molar refractivity (Wildman–Crippen MR) is 122 cm³/mol. The maximum absolute atomic E-state index is 13.2. The van der Waals surface area contributed by atoms with Gasteiger partial charge in [-0.05, 0) is 24.8 Å². The summed E-state index contributed by atoms with van der Waals surface area (Å²) in [4.78, 5) is 39.2. The molecule has 0 bridgehead atoms. The van der Waals surface area contributed by atoms with E-state index in [1.807, 2.05) is 37.3 Å². The molecule has 3 aromatic rings. The first-order valence-corrected chi connectivity index (χ1v) is 11.8. The van der Waals surface area contributed by atoms with Crippen molar-refractivity contribution in [2.75, 3.05) is 0 Å². The minimum absolute atomic E-state index is 0.0131. The minimum Gasteiger partial charge on any atom is -0.352 e. The minimum atomic E-state index is -0.329. The van der Waals surface area contributed by atoms with Crippen LogP contribution in [0.4, 0.5) is 0 Å². The number of thioether (sulfide) groups is 1. The topological polar surface area (TPSA) is 89.8 Å². The molecule has 1 aromatic carbocycles. The van der Waals surface area contributed by atoms with E-state index in [0.717, 1.165) is 31.2 Å². The van der Waals surface area contributed by atoms with E-state index in [2.05, 4.69) is 20.3 Å². The fourth-order valence-electron chi connectivity index (χ4n) is 3.91. The third-order valence-corrected chi connectivity index (χ3v) is 6.96. The van der Waals surface area contributed by atoms with E-state index >= 15 is 0 Å². The zero-order valence-electron chi connectivity index (χ0n) is 17.7. The van der Waals surface area contributed by atoms with E-state index < -0.39 is 0 Å². The van der Waals surface area contributed by atoms with E-state index in [1.54, 1.807) is 4.57 Å². The number of hydrogen-bond acceptors (Lipinski definition) is 6. The largest absolute Gasteiger partial charge is 0.352 e. The third-order valence-electron chi connectivity index (χ3n) is 5.61. The molecule has 0 aliphatic heterocycles. The van der Waals surface area contributed by atoms with Gasteiger partial charge in [-0.1, -0.05) is 68.3 Å². The van der Waals surface area contributed by atoms with E-state index in [9.17, 15) is 9.59 Å². The van der Waals surface area contributed by atoms with Crippen LogP contribution >= 0.6 is 11.8 Å². The van der Waals surface area contributed by atoms with Crippen LogP contribution in [0.2, 0.25) is 0 Å². The van der Waals surface area contributed by atoms with Crippen molar-refractivity contribution < 1.29 is 4.79 Å². The lowest BCUT2D eigenvalue weighted by molar-refractivity contribution is -0.121. The molecule has 31 heavy (non-hydrogen) atoms. The summed E-state index contributed by atoms with van der Waals surface area (Å²) in [5.41, 5.74) is 1.28. The van der Waals surface area contributed by atoms with Crippen LogP contribution in [0.3, 0.4) is 0 Å². The van der Waals surface area contributed by atoms with E-state index in [0.29, 0.717) is 23.8 Å². The van der Waals surface area contributed by atoms with Crippen molar-refractivity contribution in [3.05, 3.63) is 58.6 Å². The molecule has 1 amide bonds. The van der Waals surface area contributed by atoms with Gasteiger partial charge >= 0.3 is 0 Å². The Bertz CT molecular complexity index is 1100. The Morgan fingerprint density at radius 3 is 2.65 bits per heavy atom. The number of benzene rings is 1. The first-order chi connectivity index (χ1) is 15.2. The summed E-state index contributed by atoms with van der Waals surface area (Å²) in [6, 6.07) is 10.00. The molecule has 1 fully saturated rings. The molecule has 1 saturated carbocycles. The van der Waals surface area contributed by atoms with E-state index in [1.165, 1.54) is 30.6 Å². The molecule has 2 aromatic heterocycles. The van der Waals surface area contributed by atoms with Gasteiger partial charge in [0.25, 0.3) is 5.56 Å². The van der Waals surface area contributed by atoms with Crippen molar-refractivity contribution in [2.24, 2.45) is 0 Å². The van der Waals surface area contributed by atoms with Crippen molar-refractivity contribution in [2.45, 2.75) is 68.4 Å². The summed E-state index contributed by atoms with van der Waals surface area (Å²) < 4.78 is 1.60. The Morgan fingerprint density at radius 1 is 1.16 bits per heavy atom. The molecule has 8 heteroatoms. The number of aromatic nitrogens is 4. The summed E-state index contributed by atoms with van der Waals surface area (Å²) in [5.74, 6) is 0.0131. The molecular formula is C23H27N5O2S. The van der Waals surface area contributed by atoms with Crippen LogP contribution in [0.5, 0.6) is 0 Å². The van der Waals surface area contributed by atoms with Crippen LogP contribution in [0.15, 0.2) is 52.7 Å². The number of nitrogens with zero attached hydrogens (tertiary/aromatic N) is 4. The summed E-state index contributed by atoms with van der Waals surface area (Å²) in [5, 5.41) is 3.37. The molecule has 1 N–H and O–H groups in total. The van der Waals surface area contributed by atoms with Crippen LogP contribution in [-0.2, 0) is 11.3 Å². The van der Waals surface area contributed by atoms with Gasteiger partial charge in [-0.25, -0.2) is 15.0 Å². The number of amides is 1. The van der Waals surface area contributed by atoms with Gasteiger partial charge in [-0.2, -0.15) is 0 Å². The van der Waals surface area contributed by atoms with Crippen molar-refractivity contribution in [3.8, 4) is 0 Å². The third kappa shape index (κ3) is 5.12. The first-order valence-electron chi connectivity index (χ1n) is 10.9. The normalized spacial score (nSPS) is 15.6. The van der Waals surface area contributed by atoms with Gasteiger partial charge in [-0.3, -0.25) is 14.2 Å². The second-order valence-electron chi connectivity index (χ2n) is 7.86. The highest BCUT2D eigenvalue weighted by Gasteiger charge is 2.25. The van der Waals surface area contributed by atoms with Crippen molar-refractivity contribution in [1.82, 2.24) is 24.8 Å². The quantitative estimate of drug-likeness (QED) is 0.449. The second kappa shape index (κ2) is 10.0. The number of hydrogen-bond donors (Lipinski definition) is 1. The fourth-order valence-corrected chi connectivity index (χ4v) is 4.93. The number of fused-ring (bicyclic) bond motifs is 1. The lowest BCUT2D eigenvalue weighted by atomic mass is 9.95. The number of nitrogens with one attached hydrogen (secondary N) is 1. The van der Waals surface area contributed by atoms with Gasteiger partial charge < -0.3 is 5.32 Å². The van der Waals surface area contributed by atoms with E-state index in [-0.39, 0.29) is 28.3 Å². The highest BCUT2D eigenvalue weighted by molar-refractivity contribution is 8.00. The van der Waals surface area contributed by atoms with Crippen LogP contribution < -0.4 is 10.9 Å². The Kier molecular flexibility index (Phi) is 6.96. The molecule has 7 nitrogen and oxygen atoms in total. The molecule has 162 valence electrons. The van der Waals surface area contributed by atoms with Gasteiger partial charge in [0.1, 0.15) is 0 Å². The zero-order valence-corrected chi connectivity index (χ0v) is 18.5. The van der Waals surface area contributed by atoms with Gasteiger partial charge in [0.15, 0.2) is 16.3 Å². The molecule has 0 radical (unpaired) electrons. The maximum Gasteiger partial charge on any atom is 0.282 e. The van der Waals surface area contributed by atoms with Crippen molar-refractivity contribution in [3.63, 3.8) is 0 Å². The molecule has 0 spiro atoms. The second-order valence-corrected chi connectivity index (χ2v) is 9.03. The van der Waals surface area contributed by atoms with Gasteiger partial charge in [-0.15, -0.1) is 0 Å². The molecular weight excluding hydrogens is 410 g/mol. The summed E-state index contributed by atoms with van der Waals surface area (Å²) in [6.07, 6.45) is 9.31. The van der Waals surface area contributed by atoms with E-state index in [4.69, 9.17) is 0 Å². The highest BCUT2D eigenvalue weighted by Crippen LogP contribution is 2.26. The van der Waals surface area contributed by atoms with Crippen molar-refractivity contribution >= 4 is 28.8 Å². The molecule has 4 rings (SSSR count). The fraction of sp³-hybridized carbons (Fsp3) is 0.435. The standard InChI is InChI=1S/C23H27N5O2S/c1-2-18(21(29)26-17-11-7-4-8-12-17)31-23-27-20-19(24-13-14-25-20)22(30)28(23)15-16-9-5-3-6-10-16/h3,5-6,9-10,13-14,17-18H,2,4,7-8,11-12,15H2,1H3,(H,26,29)/t18-/m1/s1. The first kappa shape index (κ1) is 21.5.